The summed E-state index contributed by atoms with van der Waals surface area (Å²) >= 11 is 0. The van der Waals surface area contributed by atoms with Crippen molar-refractivity contribution in [2.75, 3.05) is 6.61 Å². The fourth-order valence-electron chi connectivity index (χ4n) is 2.52. The Kier molecular flexibility index (Phi) is 2.80. The van der Waals surface area contributed by atoms with Gasteiger partial charge in [0.2, 0.25) is 0 Å². The van der Waals surface area contributed by atoms with E-state index in [1.807, 2.05) is 6.92 Å². The van der Waals surface area contributed by atoms with Crippen LogP contribution in [-0.4, -0.2) is 21.3 Å². The largest absolute Gasteiger partial charge is 0.394 e. The van der Waals surface area contributed by atoms with E-state index in [9.17, 15) is 0 Å². The summed E-state index contributed by atoms with van der Waals surface area (Å²) in [7, 11) is 0. The molecule has 1 aromatic rings. The van der Waals surface area contributed by atoms with Crippen LogP contribution in [-0.2, 0) is 6.42 Å². The van der Waals surface area contributed by atoms with Crippen molar-refractivity contribution in [3.63, 3.8) is 0 Å². The van der Waals surface area contributed by atoms with Crippen molar-refractivity contribution in [3.05, 3.63) is 17.2 Å². The molecule has 2 heterocycles. The molecule has 0 saturated heterocycles. The molecule has 1 aliphatic heterocycles. The van der Waals surface area contributed by atoms with E-state index in [4.69, 9.17) is 10.8 Å². The molecule has 4 heteroatoms. The monoisotopic (exact) mass is 209 g/mol. The maximum absolute atomic E-state index is 9.09. The third-order valence-corrected chi connectivity index (χ3v) is 3.24. The third-order valence-electron chi connectivity index (χ3n) is 3.24. The number of aliphatic hydroxyl groups excluding tert-OH is 1. The molecular formula is C11H19N3O. The van der Waals surface area contributed by atoms with Crippen LogP contribution in [0, 0.1) is 6.92 Å². The first-order valence-corrected chi connectivity index (χ1v) is 5.59. The highest BCUT2D eigenvalue weighted by molar-refractivity contribution is 5.23. The summed E-state index contributed by atoms with van der Waals surface area (Å²) in [5.41, 5.74) is 7.97. The van der Waals surface area contributed by atoms with E-state index in [0.717, 1.165) is 17.9 Å². The number of rotatable bonds is 2. The minimum atomic E-state index is -0.328. The van der Waals surface area contributed by atoms with Gasteiger partial charge in [0, 0.05) is 11.7 Å². The minimum absolute atomic E-state index is 0.0299. The number of aryl methyl sites for hydroxylation is 1. The second-order valence-corrected chi connectivity index (χ2v) is 4.39. The van der Waals surface area contributed by atoms with Gasteiger partial charge in [-0.3, -0.25) is 0 Å². The van der Waals surface area contributed by atoms with Gasteiger partial charge in [-0.1, -0.05) is 0 Å². The molecule has 1 aromatic heterocycles. The van der Waals surface area contributed by atoms with Crippen molar-refractivity contribution in [1.29, 1.82) is 0 Å². The lowest BCUT2D eigenvalue weighted by Gasteiger charge is -2.24. The van der Waals surface area contributed by atoms with Crippen molar-refractivity contribution < 1.29 is 5.11 Å². The summed E-state index contributed by atoms with van der Waals surface area (Å²) in [4.78, 5) is 4.49. The van der Waals surface area contributed by atoms with Crippen molar-refractivity contribution in [1.82, 2.24) is 9.55 Å². The molecule has 0 saturated carbocycles. The van der Waals surface area contributed by atoms with Crippen LogP contribution in [0.4, 0.5) is 0 Å². The van der Waals surface area contributed by atoms with Crippen LogP contribution in [0.15, 0.2) is 0 Å². The highest BCUT2D eigenvalue weighted by Crippen LogP contribution is 2.30. The fourth-order valence-corrected chi connectivity index (χ4v) is 2.52. The molecule has 0 bridgehead atoms. The predicted molar refractivity (Wildman–Crippen MR) is 58.6 cm³/mol. The van der Waals surface area contributed by atoms with E-state index in [-0.39, 0.29) is 12.6 Å². The molecule has 0 amide bonds. The molecule has 2 rings (SSSR count). The minimum Gasteiger partial charge on any atom is -0.394 e. The van der Waals surface area contributed by atoms with Crippen LogP contribution < -0.4 is 5.73 Å². The first kappa shape index (κ1) is 10.6. The van der Waals surface area contributed by atoms with Crippen molar-refractivity contribution >= 4 is 0 Å². The first-order valence-electron chi connectivity index (χ1n) is 5.59. The van der Waals surface area contributed by atoms with Crippen molar-refractivity contribution in [2.24, 2.45) is 5.73 Å². The maximum atomic E-state index is 9.09. The Labute approximate surface area is 90.1 Å². The molecule has 15 heavy (non-hydrogen) atoms. The molecular weight excluding hydrogens is 190 g/mol. The van der Waals surface area contributed by atoms with Gasteiger partial charge in [-0.2, -0.15) is 0 Å². The molecule has 0 spiro atoms. The Morgan fingerprint density at radius 1 is 1.67 bits per heavy atom. The second-order valence-electron chi connectivity index (χ2n) is 4.39. The normalized spacial score (nSPS) is 22.5. The number of nitrogens with zero attached hydrogens (tertiary/aromatic N) is 2. The molecule has 0 fully saturated rings. The van der Waals surface area contributed by atoms with Crippen molar-refractivity contribution in [2.45, 2.75) is 45.2 Å². The van der Waals surface area contributed by atoms with Gasteiger partial charge in [-0.05, 0) is 33.1 Å². The topological polar surface area (TPSA) is 64.1 Å². The molecule has 84 valence electrons. The highest BCUT2D eigenvalue weighted by Gasteiger charge is 2.24. The van der Waals surface area contributed by atoms with Gasteiger partial charge < -0.3 is 15.4 Å². The molecule has 2 atom stereocenters. The predicted octanol–water partition coefficient (Wildman–Crippen LogP) is 1.08. The molecule has 0 aliphatic carbocycles. The third kappa shape index (κ3) is 1.68. The SMILES string of the molecule is Cc1nc(C(N)CO)c2n1C(C)CCC2. The van der Waals surface area contributed by atoms with Gasteiger partial charge in [-0.15, -0.1) is 0 Å². The molecule has 1 aliphatic rings. The molecule has 4 nitrogen and oxygen atoms in total. The van der Waals surface area contributed by atoms with E-state index in [2.05, 4.69) is 16.5 Å². The highest BCUT2D eigenvalue weighted by atomic mass is 16.3. The summed E-state index contributed by atoms with van der Waals surface area (Å²) < 4.78 is 2.27. The smallest absolute Gasteiger partial charge is 0.106 e. The van der Waals surface area contributed by atoms with Gasteiger partial charge in [0.05, 0.1) is 18.3 Å². The Morgan fingerprint density at radius 2 is 2.40 bits per heavy atom. The fraction of sp³-hybridized carbons (Fsp3) is 0.727. The van der Waals surface area contributed by atoms with Crippen molar-refractivity contribution in [3.8, 4) is 0 Å². The number of hydrogen-bond donors (Lipinski definition) is 2. The van der Waals surface area contributed by atoms with Crippen LogP contribution in [0.2, 0.25) is 0 Å². The summed E-state index contributed by atoms with van der Waals surface area (Å²) in [6.07, 6.45) is 3.43. The Morgan fingerprint density at radius 3 is 3.07 bits per heavy atom. The van der Waals surface area contributed by atoms with Gasteiger partial charge in [0.1, 0.15) is 5.82 Å². The second kappa shape index (κ2) is 3.94. The Bertz CT molecular complexity index is 359. The van der Waals surface area contributed by atoms with E-state index in [1.165, 1.54) is 18.5 Å². The number of imidazole rings is 1. The van der Waals surface area contributed by atoms with Gasteiger partial charge in [0.15, 0.2) is 0 Å². The lowest BCUT2D eigenvalue weighted by molar-refractivity contribution is 0.265. The standard InChI is InChI=1S/C11H19N3O/c1-7-4-3-5-10-11(9(12)6-15)13-8(2)14(7)10/h7,9,15H,3-6,12H2,1-2H3. The first-order chi connectivity index (χ1) is 7.15. The van der Waals surface area contributed by atoms with Crippen LogP contribution >= 0.6 is 0 Å². The molecule has 2 unspecified atom stereocenters. The maximum Gasteiger partial charge on any atom is 0.106 e. The Hall–Kier alpha value is -0.870. The lowest BCUT2D eigenvalue weighted by Crippen LogP contribution is -2.20. The van der Waals surface area contributed by atoms with Gasteiger partial charge in [0.25, 0.3) is 0 Å². The lowest BCUT2D eigenvalue weighted by atomic mass is 10.0. The van der Waals surface area contributed by atoms with Crippen LogP contribution in [0.1, 0.15) is 49.1 Å². The average Bonchev–Trinajstić information content (AvgIpc) is 2.56. The van der Waals surface area contributed by atoms with E-state index < -0.39 is 0 Å². The van der Waals surface area contributed by atoms with Crippen LogP contribution in [0.25, 0.3) is 0 Å². The molecule has 0 aromatic carbocycles. The number of aromatic nitrogens is 2. The average molecular weight is 209 g/mol. The summed E-state index contributed by atoms with van der Waals surface area (Å²) in [6.45, 7) is 4.20. The van der Waals surface area contributed by atoms with Gasteiger partial charge >= 0.3 is 0 Å². The zero-order chi connectivity index (χ0) is 11.0. The van der Waals surface area contributed by atoms with E-state index >= 15 is 0 Å². The van der Waals surface area contributed by atoms with Crippen LogP contribution in [0.5, 0.6) is 0 Å². The zero-order valence-corrected chi connectivity index (χ0v) is 9.40. The summed E-state index contributed by atoms with van der Waals surface area (Å²) in [5, 5.41) is 9.09. The van der Waals surface area contributed by atoms with Gasteiger partial charge in [-0.25, -0.2) is 4.98 Å². The summed E-state index contributed by atoms with van der Waals surface area (Å²) in [6, 6.07) is 0.186. The Balaban J connectivity index is 2.46. The number of fused-ring (bicyclic) bond motifs is 1. The quantitative estimate of drug-likeness (QED) is 0.766. The summed E-state index contributed by atoms with van der Waals surface area (Å²) in [5.74, 6) is 1.02. The number of hydrogen-bond acceptors (Lipinski definition) is 3. The van der Waals surface area contributed by atoms with Crippen LogP contribution in [0.3, 0.4) is 0 Å². The molecule has 3 N–H and O–H groups in total. The number of aliphatic hydroxyl groups is 1. The number of nitrogens with two attached hydrogens (primary N) is 1. The zero-order valence-electron chi connectivity index (χ0n) is 9.40. The van der Waals surface area contributed by atoms with E-state index in [1.54, 1.807) is 0 Å². The van der Waals surface area contributed by atoms with E-state index in [0.29, 0.717) is 6.04 Å². The molecule has 0 radical (unpaired) electrons.